The van der Waals surface area contributed by atoms with Crippen LogP contribution in [-0.4, -0.2) is 11.2 Å². The van der Waals surface area contributed by atoms with Crippen molar-refractivity contribution < 1.29 is 5.11 Å². The van der Waals surface area contributed by atoms with Crippen molar-refractivity contribution >= 4 is 6.08 Å². The van der Waals surface area contributed by atoms with Gasteiger partial charge in [0.1, 0.15) is 0 Å². The van der Waals surface area contributed by atoms with Gasteiger partial charge in [0.25, 0.3) is 0 Å². The SMILES string of the molecule is CCCC[C@@H](/C=C/c1ccccc1)[C@@H](O)C(C)C. The molecular formula is C17H26O. The summed E-state index contributed by atoms with van der Waals surface area (Å²) in [6, 6.07) is 10.3. The Hall–Kier alpha value is -1.08. The second kappa shape index (κ2) is 8.10. The molecule has 1 rings (SSSR count). The Labute approximate surface area is 112 Å². The van der Waals surface area contributed by atoms with Crippen LogP contribution in [0.15, 0.2) is 36.4 Å². The van der Waals surface area contributed by atoms with Crippen LogP contribution >= 0.6 is 0 Å². The van der Waals surface area contributed by atoms with Gasteiger partial charge in [-0.25, -0.2) is 0 Å². The minimum Gasteiger partial charge on any atom is -0.392 e. The van der Waals surface area contributed by atoms with E-state index in [0.717, 1.165) is 6.42 Å². The predicted molar refractivity (Wildman–Crippen MR) is 79.3 cm³/mol. The van der Waals surface area contributed by atoms with E-state index in [4.69, 9.17) is 0 Å². The Kier molecular flexibility index (Phi) is 6.74. The summed E-state index contributed by atoms with van der Waals surface area (Å²) in [4.78, 5) is 0. The lowest BCUT2D eigenvalue weighted by Crippen LogP contribution is -2.24. The van der Waals surface area contributed by atoms with E-state index < -0.39 is 0 Å². The number of aliphatic hydroxyl groups excluding tert-OH is 1. The standard InChI is InChI=1S/C17H26O/c1-4-5-11-16(17(18)14(2)3)13-12-15-9-7-6-8-10-15/h6-10,12-14,16-18H,4-5,11H2,1-3H3/b13-12+/t16-,17-/m0/s1. The minimum atomic E-state index is -0.239. The fourth-order valence-corrected chi connectivity index (χ4v) is 2.11. The van der Waals surface area contributed by atoms with Gasteiger partial charge in [-0.3, -0.25) is 0 Å². The van der Waals surface area contributed by atoms with E-state index in [9.17, 15) is 5.11 Å². The van der Waals surface area contributed by atoms with E-state index in [2.05, 4.69) is 45.1 Å². The lowest BCUT2D eigenvalue weighted by atomic mass is 9.88. The van der Waals surface area contributed by atoms with Gasteiger partial charge in [0.2, 0.25) is 0 Å². The molecule has 0 aromatic heterocycles. The van der Waals surface area contributed by atoms with Gasteiger partial charge in [-0.1, -0.05) is 76.1 Å². The minimum absolute atomic E-state index is 0.239. The van der Waals surface area contributed by atoms with Gasteiger partial charge in [0.05, 0.1) is 6.10 Å². The van der Waals surface area contributed by atoms with Crippen LogP contribution in [0.25, 0.3) is 6.08 Å². The highest BCUT2D eigenvalue weighted by Gasteiger charge is 2.18. The van der Waals surface area contributed by atoms with Crippen LogP contribution in [0.4, 0.5) is 0 Å². The van der Waals surface area contributed by atoms with E-state index in [1.165, 1.54) is 18.4 Å². The van der Waals surface area contributed by atoms with Crippen molar-refractivity contribution in [2.24, 2.45) is 11.8 Å². The number of unbranched alkanes of at least 4 members (excludes halogenated alkanes) is 1. The Bertz CT molecular complexity index is 340. The summed E-state index contributed by atoms with van der Waals surface area (Å²) in [6.45, 7) is 6.36. The number of aliphatic hydroxyl groups is 1. The van der Waals surface area contributed by atoms with Gasteiger partial charge in [-0.05, 0) is 17.9 Å². The molecule has 0 radical (unpaired) electrons. The summed E-state index contributed by atoms with van der Waals surface area (Å²) >= 11 is 0. The molecule has 1 heteroatoms. The van der Waals surface area contributed by atoms with Gasteiger partial charge in [0, 0.05) is 5.92 Å². The average molecular weight is 246 g/mol. The number of hydrogen-bond donors (Lipinski definition) is 1. The van der Waals surface area contributed by atoms with Crippen molar-refractivity contribution in [3.63, 3.8) is 0 Å². The molecule has 0 spiro atoms. The molecule has 100 valence electrons. The summed E-state index contributed by atoms with van der Waals surface area (Å²) in [7, 11) is 0. The normalized spacial score (nSPS) is 15.2. The molecule has 1 aromatic rings. The zero-order valence-corrected chi connectivity index (χ0v) is 11.8. The number of benzene rings is 1. The molecule has 0 amide bonds. The van der Waals surface area contributed by atoms with E-state index in [0.29, 0.717) is 5.92 Å². The molecular weight excluding hydrogens is 220 g/mol. The maximum absolute atomic E-state index is 10.2. The number of rotatable bonds is 7. The first-order valence-electron chi connectivity index (χ1n) is 7.06. The van der Waals surface area contributed by atoms with Crippen LogP contribution in [0, 0.1) is 11.8 Å². The molecule has 0 aliphatic rings. The van der Waals surface area contributed by atoms with Crippen LogP contribution in [0.5, 0.6) is 0 Å². The highest BCUT2D eigenvalue weighted by molar-refractivity contribution is 5.49. The average Bonchev–Trinajstić information content (AvgIpc) is 2.39. The Morgan fingerprint density at radius 2 is 1.83 bits per heavy atom. The van der Waals surface area contributed by atoms with Crippen molar-refractivity contribution in [3.8, 4) is 0 Å². The molecule has 0 bridgehead atoms. The zero-order valence-electron chi connectivity index (χ0n) is 11.8. The largest absolute Gasteiger partial charge is 0.392 e. The molecule has 0 saturated heterocycles. The van der Waals surface area contributed by atoms with Crippen LogP contribution in [0.2, 0.25) is 0 Å². The lowest BCUT2D eigenvalue weighted by Gasteiger charge is -2.23. The van der Waals surface area contributed by atoms with Crippen LogP contribution in [0.1, 0.15) is 45.6 Å². The lowest BCUT2D eigenvalue weighted by molar-refractivity contribution is 0.0799. The quantitative estimate of drug-likeness (QED) is 0.749. The van der Waals surface area contributed by atoms with Crippen LogP contribution in [0.3, 0.4) is 0 Å². The molecule has 18 heavy (non-hydrogen) atoms. The first-order chi connectivity index (χ1) is 8.65. The van der Waals surface area contributed by atoms with Crippen LogP contribution < -0.4 is 0 Å². The third kappa shape index (κ3) is 5.05. The highest BCUT2D eigenvalue weighted by Crippen LogP contribution is 2.21. The molecule has 0 aliphatic carbocycles. The smallest absolute Gasteiger partial charge is 0.0625 e. The second-order valence-electron chi connectivity index (χ2n) is 5.31. The maximum atomic E-state index is 10.2. The zero-order chi connectivity index (χ0) is 13.4. The maximum Gasteiger partial charge on any atom is 0.0625 e. The van der Waals surface area contributed by atoms with Crippen molar-refractivity contribution in [1.29, 1.82) is 0 Å². The molecule has 1 nitrogen and oxygen atoms in total. The van der Waals surface area contributed by atoms with Gasteiger partial charge >= 0.3 is 0 Å². The molecule has 0 unspecified atom stereocenters. The van der Waals surface area contributed by atoms with Gasteiger partial charge in [-0.2, -0.15) is 0 Å². The first kappa shape index (κ1) is 15.0. The number of hydrogen-bond acceptors (Lipinski definition) is 1. The monoisotopic (exact) mass is 246 g/mol. The molecule has 1 N–H and O–H groups in total. The van der Waals surface area contributed by atoms with E-state index >= 15 is 0 Å². The third-order valence-electron chi connectivity index (χ3n) is 3.35. The van der Waals surface area contributed by atoms with Crippen LogP contribution in [-0.2, 0) is 0 Å². The summed E-state index contributed by atoms with van der Waals surface area (Å²) in [5, 5.41) is 10.2. The molecule has 0 aliphatic heterocycles. The van der Waals surface area contributed by atoms with Crippen molar-refractivity contribution in [3.05, 3.63) is 42.0 Å². The topological polar surface area (TPSA) is 20.2 Å². The molecule has 2 atom stereocenters. The molecule has 1 aromatic carbocycles. The van der Waals surface area contributed by atoms with Gasteiger partial charge < -0.3 is 5.11 Å². The molecule has 0 saturated carbocycles. The van der Waals surface area contributed by atoms with Crippen molar-refractivity contribution in [2.45, 2.75) is 46.1 Å². The Morgan fingerprint density at radius 3 is 2.39 bits per heavy atom. The summed E-state index contributed by atoms with van der Waals surface area (Å²) < 4.78 is 0. The van der Waals surface area contributed by atoms with E-state index in [1.54, 1.807) is 0 Å². The first-order valence-corrected chi connectivity index (χ1v) is 7.06. The van der Waals surface area contributed by atoms with Crippen molar-refractivity contribution in [1.82, 2.24) is 0 Å². The molecule has 0 fully saturated rings. The second-order valence-corrected chi connectivity index (χ2v) is 5.31. The summed E-state index contributed by atoms with van der Waals surface area (Å²) in [5.74, 6) is 0.581. The Balaban J connectivity index is 2.68. The Morgan fingerprint density at radius 1 is 1.17 bits per heavy atom. The fraction of sp³-hybridized carbons (Fsp3) is 0.529. The third-order valence-corrected chi connectivity index (χ3v) is 3.35. The van der Waals surface area contributed by atoms with Gasteiger partial charge in [0.15, 0.2) is 0 Å². The van der Waals surface area contributed by atoms with E-state index in [-0.39, 0.29) is 12.0 Å². The van der Waals surface area contributed by atoms with Crippen molar-refractivity contribution in [2.75, 3.05) is 0 Å². The summed E-state index contributed by atoms with van der Waals surface area (Å²) in [5.41, 5.74) is 1.20. The summed E-state index contributed by atoms with van der Waals surface area (Å²) in [6.07, 6.45) is 7.49. The highest BCUT2D eigenvalue weighted by atomic mass is 16.3. The predicted octanol–water partition coefficient (Wildman–Crippen LogP) is 4.52. The van der Waals surface area contributed by atoms with Gasteiger partial charge in [-0.15, -0.1) is 0 Å². The molecule has 0 heterocycles. The fourth-order valence-electron chi connectivity index (χ4n) is 2.11. The van der Waals surface area contributed by atoms with E-state index in [1.807, 2.05) is 18.2 Å².